The molecule has 1 aromatic heterocycles. The molecule has 7 nitrogen and oxygen atoms in total. The molecular weight excluding hydrogens is 298 g/mol. The van der Waals surface area contributed by atoms with Crippen molar-refractivity contribution in [2.75, 3.05) is 13.6 Å². The van der Waals surface area contributed by atoms with Gasteiger partial charge < -0.3 is 15.7 Å². The molecule has 126 valence electrons. The standard InChI is InChI=1S/C16H23N3O4/c1-17-16(23)13-9-8-12(11-19-13)15(22)18-10-6-4-2-3-5-7-14(20)21/h8-9,11H,2-7,10H2,1H3,(H,17,23)(H,18,22)(H,20,21). The molecule has 2 amide bonds. The van der Waals surface area contributed by atoms with Crippen molar-refractivity contribution in [1.82, 2.24) is 15.6 Å². The third kappa shape index (κ3) is 7.39. The van der Waals surface area contributed by atoms with Crippen LogP contribution in [0.25, 0.3) is 0 Å². The van der Waals surface area contributed by atoms with Crippen LogP contribution in [-0.2, 0) is 4.79 Å². The van der Waals surface area contributed by atoms with Gasteiger partial charge in [0, 0.05) is 26.2 Å². The maximum absolute atomic E-state index is 11.9. The fourth-order valence-corrected chi connectivity index (χ4v) is 2.03. The summed E-state index contributed by atoms with van der Waals surface area (Å²) in [5.41, 5.74) is 0.685. The molecule has 0 atom stereocenters. The number of carbonyl (C=O) groups is 3. The maximum atomic E-state index is 11.9. The van der Waals surface area contributed by atoms with Gasteiger partial charge in [-0.2, -0.15) is 0 Å². The van der Waals surface area contributed by atoms with Crippen LogP contribution in [-0.4, -0.2) is 41.5 Å². The van der Waals surface area contributed by atoms with Gasteiger partial charge in [0.2, 0.25) is 0 Å². The lowest BCUT2D eigenvalue weighted by molar-refractivity contribution is -0.137. The molecule has 0 aliphatic carbocycles. The van der Waals surface area contributed by atoms with E-state index < -0.39 is 5.97 Å². The fourth-order valence-electron chi connectivity index (χ4n) is 2.03. The first-order valence-electron chi connectivity index (χ1n) is 7.72. The molecule has 3 N–H and O–H groups in total. The summed E-state index contributed by atoms with van der Waals surface area (Å²) in [6.07, 6.45) is 5.96. The van der Waals surface area contributed by atoms with E-state index in [1.165, 1.54) is 19.3 Å². The normalized spacial score (nSPS) is 10.1. The van der Waals surface area contributed by atoms with Gasteiger partial charge in [-0.25, -0.2) is 0 Å². The Bertz CT molecular complexity index is 529. The maximum Gasteiger partial charge on any atom is 0.303 e. The molecule has 1 aromatic rings. The summed E-state index contributed by atoms with van der Waals surface area (Å²) in [4.78, 5) is 37.5. The number of nitrogens with zero attached hydrogens (tertiary/aromatic N) is 1. The van der Waals surface area contributed by atoms with Crippen LogP contribution < -0.4 is 10.6 Å². The van der Waals surface area contributed by atoms with Crippen molar-refractivity contribution in [2.24, 2.45) is 0 Å². The highest BCUT2D eigenvalue weighted by Crippen LogP contribution is 2.05. The van der Waals surface area contributed by atoms with E-state index in [-0.39, 0.29) is 23.9 Å². The van der Waals surface area contributed by atoms with Gasteiger partial charge in [0.05, 0.1) is 5.56 Å². The molecule has 1 heterocycles. The van der Waals surface area contributed by atoms with Crippen LogP contribution in [0.3, 0.4) is 0 Å². The average molecular weight is 321 g/mol. The minimum atomic E-state index is -0.756. The number of carboxylic acids is 1. The van der Waals surface area contributed by atoms with E-state index in [2.05, 4.69) is 15.6 Å². The number of hydrogen-bond acceptors (Lipinski definition) is 4. The Hall–Kier alpha value is -2.44. The van der Waals surface area contributed by atoms with Gasteiger partial charge in [-0.15, -0.1) is 0 Å². The number of aliphatic carboxylic acids is 1. The van der Waals surface area contributed by atoms with E-state index in [1.54, 1.807) is 6.07 Å². The van der Waals surface area contributed by atoms with Crippen molar-refractivity contribution in [3.63, 3.8) is 0 Å². The van der Waals surface area contributed by atoms with Crippen molar-refractivity contribution >= 4 is 17.8 Å². The third-order valence-corrected chi connectivity index (χ3v) is 3.34. The number of rotatable bonds is 10. The van der Waals surface area contributed by atoms with Gasteiger partial charge >= 0.3 is 5.97 Å². The molecule has 0 aromatic carbocycles. The van der Waals surface area contributed by atoms with Gasteiger partial charge in [0.15, 0.2) is 0 Å². The highest BCUT2D eigenvalue weighted by molar-refractivity contribution is 5.96. The van der Waals surface area contributed by atoms with E-state index in [1.807, 2.05) is 0 Å². The zero-order valence-corrected chi connectivity index (χ0v) is 13.3. The molecule has 0 fully saturated rings. The van der Waals surface area contributed by atoms with E-state index in [0.29, 0.717) is 18.5 Å². The Morgan fingerprint density at radius 2 is 1.74 bits per heavy atom. The molecular formula is C16H23N3O4. The number of unbranched alkanes of at least 4 members (excludes halogenated alkanes) is 4. The topological polar surface area (TPSA) is 108 Å². The molecule has 0 saturated carbocycles. The van der Waals surface area contributed by atoms with Crippen LogP contribution in [0.5, 0.6) is 0 Å². The summed E-state index contributed by atoms with van der Waals surface area (Å²) >= 11 is 0. The van der Waals surface area contributed by atoms with Crippen LogP contribution in [0.4, 0.5) is 0 Å². The van der Waals surface area contributed by atoms with Crippen LogP contribution in [0.1, 0.15) is 59.4 Å². The lowest BCUT2D eigenvalue weighted by atomic mass is 10.1. The first-order chi connectivity index (χ1) is 11.0. The Balaban J connectivity index is 2.19. The number of carbonyl (C=O) groups excluding carboxylic acids is 2. The highest BCUT2D eigenvalue weighted by Gasteiger charge is 2.08. The summed E-state index contributed by atoms with van der Waals surface area (Å²) < 4.78 is 0. The Labute approximate surface area is 135 Å². The summed E-state index contributed by atoms with van der Waals surface area (Å²) in [5.74, 6) is -1.26. The summed E-state index contributed by atoms with van der Waals surface area (Å²) in [7, 11) is 1.52. The number of nitrogens with one attached hydrogen (secondary N) is 2. The van der Waals surface area contributed by atoms with Gasteiger partial charge in [0.25, 0.3) is 11.8 Å². The number of pyridine rings is 1. The lowest BCUT2D eigenvalue weighted by Crippen LogP contribution is -2.25. The van der Waals surface area contributed by atoms with Crippen LogP contribution in [0.2, 0.25) is 0 Å². The Morgan fingerprint density at radius 1 is 1.04 bits per heavy atom. The zero-order chi connectivity index (χ0) is 17.1. The van der Waals surface area contributed by atoms with Crippen molar-refractivity contribution < 1.29 is 19.5 Å². The SMILES string of the molecule is CNC(=O)c1ccc(C(=O)NCCCCCCCC(=O)O)cn1. The molecule has 0 bridgehead atoms. The molecule has 0 spiro atoms. The third-order valence-electron chi connectivity index (χ3n) is 3.34. The van der Waals surface area contributed by atoms with Gasteiger partial charge in [-0.1, -0.05) is 19.3 Å². The van der Waals surface area contributed by atoms with Crippen molar-refractivity contribution in [3.05, 3.63) is 29.6 Å². The Morgan fingerprint density at radius 3 is 2.35 bits per heavy atom. The highest BCUT2D eigenvalue weighted by atomic mass is 16.4. The van der Waals surface area contributed by atoms with E-state index in [9.17, 15) is 14.4 Å². The number of hydrogen-bond donors (Lipinski definition) is 3. The van der Waals surface area contributed by atoms with E-state index >= 15 is 0 Å². The van der Waals surface area contributed by atoms with Crippen molar-refractivity contribution in [1.29, 1.82) is 0 Å². The predicted octanol–water partition coefficient (Wildman–Crippen LogP) is 1.60. The molecule has 1 rings (SSSR count). The molecule has 0 aliphatic rings. The predicted molar refractivity (Wildman–Crippen MR) is 85.3 cm³/mol. The first-order valence-corrected chi connectivity index (χ1v) is 7.72. The molecule has 0 aliphatic heterocycles. The Kier molecular flexibility index (Phi) is 8.34. The zero-order valence-electron chi connectivity index (χ0n) is 13.3. The minimum Gasteiger partial charge on any atom is -0.481 e. The van der Waals surface area contributed by atoms with E-state index in [4.69, 9.17) is 5.11 Å². The summed E-state index contributed by atoms with van der Waals surface area (Å²) in [5, 5.41) is 13.8. The van der Waals surface area contributed by atoms with Crippen molar-refractivity contribution in [3.8, 4) is 0 Å². The molecule has 0 unspecified atom stereocenters. The number of amides is 2. The van der Waals surface area contributed by atoms with Gasteiger partial charge in [-0.05, 0) is 25.0 Å². The second-order valence-electron chi connectivity index (χ2n) is 5.18. The van der Waals surface area contributed by atoms with Crippen LogP contribution >= 0.6 is 0 Å². The largest absolute Gasteiger partial charge is 0.481 e. The number of aromatic nitrogens is 1. The van der Waals surface area contributed by atoms with Crippen LogP contribution in [0.15, 0.2) is 18.3 Å². The fraction of sp³-hybridized carbons (Fsp3) is 0.500. The second-order valence-corrected chi connectivity index (χ2v) is 5.18. The van der Waals surface area contributed by atoms with E-state index in [0.717, 1.165) is 25.7 Å². The minimum absolute atomic E-state index is 0.216. The van der Waals surface area contributed by atoms with Crippen molar-refractivity contribution in [2.45, 2.75) is 38.5 Å². The molecule has 0 saturated heterocycles. The molecule has 23 heavy (non-hydrogen) atoms. The van der Waals surface area contributed by atoms with Gasteiger partial charge in [0.1, 0.15) is 5.69 Å². The number of carboxylic acid groups (broad SMARTS) is 1. The average Bonchev–Trinajstić information content (AvgIpc) is 2.56. The monoisotopic (exact) mass is 321 g/mol. The lowest BCUT2D eigenvalue weighted by Gasteiger charge is -2.06. The molecule has 0 radical (unpaired) electrons. The van der Waals surface area contributed by atoms with Gasteiger partial charge in [-0.3, -0.25) is 19.4 Å². The first kappa shape index (κ1) is 18.6. The summed E-state index contributed by atoms with van der Waals surface area (Å²) in [6.45, 7) is 0.564. The summed E-state index contributed by atoms with van der Waals surface area (Å²) in [6, 6.07) is 3.08. The second kappa shape index (κ2) is 10.3. The van der Waals surface area contributed by atoms with Crippen LogP contribution in [0, 0.1) is 0 Å². The smallest absolute Gasteiger partial charge is 0.303 e. The molecule has 7 heteroatoms. The quantitative estimate of drug-likeness (QED) is 0.567.